The average Bonchev–Trinajstić information content (AvgIpc) is 2.89. The minimum atomic E-state index is -3.73. The van der Waals surface area contributed by atoms with Crippen molar-refractivity contribution in [2.24, 2.45) is 5.10 Å². The molecule has 0 atom stereocenters. The van der Waals surface area contributed by atoms with E-state index in [1.165, 1.54) is 31.5 Å². The van der Waals surface area contributed by atoms with Gasteiger partial charge in [0.1, 0.15) is 23.8 Å². The molecule has 1 aromatic carbocycles. The van der Waals surface area contributed by atoms with Gasteiger partial charge in [-0.25, -0.2) is 13.8 Å². The Morgan fingerprint density at radius 2 is 2.15 bits per heavy atom. The van der Waals surface area contributed by atoms with Gasteiger partial charge in [0.25, 0.3) is 5.91 Å². The Morgan fingerprint density at radius 3 is 2.67 bits per heavy atom. The maximum absolute atomic E-state index is 12.1. The second kappa shape index (κ2) is 8.77. The molecule has 0 bridgehead atoms. The Balaban J connectivity index is 2.12. The summed E-state index contributed by atoms with van der Waals surface area (Å²) in [7, 11) is -2.29. The minimum Gasteiger partial charge on any atom is -0.495 e. The van der Waals surface area contributed by atoms with Crippen LogP contribution >= 0.6 is 27.5 Å². The topological polar surface area (TPSA) is 101 Å². The first-order chi connectivity index (χ1) is 12.6. The molecule has 0 unspecified atom stereocenters. The zero-order chi connectivity index (χ0) is 20.2. The SMILES string of the molecule is COc1ccc(N(CC(=O)N/N=C\c2cc(Br)c(C)o2)S(C)(=O)=O)cc1Cl. The summed E-state index contributed by atoms with van der Waals surface area (Å²) >= 11 is 9.34. The molecular weight excluding hydrogens is 462 g/mol. The third-order valence-corrected chi connectivity index (χ3v) is 5.59. The molecule has 0 radical (unpaired) electrons. The van der Waals surface area contributed by atoms with Crippen LogP contribution in [0.3, 0.4) is 0 Å². The monoisotopic (exact) mass is 477 g/mol. The minimum absolute atomic E-state index is 0.223. The van der Waals surface area contributed by atoms with Crippen LogP contribution in [-0.2, 0) is 14.8 Å². The van der Waals surface area contributed by atoms with Crippen molar-refractivity contribution in [2.75, 3.05) is 24.2 Å². The van der Waals surface area contributed by atoms with Crippen molar-refractivity contribution in [1.29, 1.82) is 0 Å². The largest absolute Gasteiger partial charge is 0.495 e. The smallest absolute Gasteiger partial charge is 0.260 e. The first-order valence-electron chi connectivity index (χ1n) is 7.51. The fourth-order valence-electron chi connectivity index (χ4n) is 2.09. The highest BCUT2D eigenvalue weighted by Crippen LogP contribution is 2.30. The second-order valence-corrected chi connectivity index (χ2v) is 8.60. The number of sulfonamides is 1. The number of hydrogen-bond acceptors (Lipinski definition) is 6. The van der Waals surface area contributed by atoms with E-state index in [2.05, 4.69) is 26.5 Å². The zero-order valence-corrected chi connectivity index (χ0v) is 17.9. The number of nitrogens with one attached hydrogen (secondary N) is 1. The summed E-state index contributed by atoms with van der Waals surface area (Å²) in [4.78, 5) is 12.1. The highest BCUT2D eigenvalue weighted by atomic mass is 79.9. The van der Waals surface area contributed by atoms with E-state index in [1.807, 2.05) is 0 Å². The number of anilines is 1. The molecule has 11 heteroatoms. The van der Waals surface area contributed by atoms with Gasteiger partial charge < -0.3 is 9.15 Å². The van der Waals surface area contributed by atoms with Crippen molar-refractivity contribution in [3.05, 3.63) is 45.3 Å². The molecule has 27 heavy (non-hydrogen) atoms. The summed E-state index contributed by atoms with van der Waals surface area (Å²) in [6, 6.07) is 6.10. The summed E-state index contributed by atoms with van der Waals surface area (Å²) in [5.41, 5.74) is 2.49. The molecule has 146 valence electrons. The van der Waals surface area contributed by atoms with Gasteiger partial charge in [0, 0.05) is 6.07 Å². The fraction of sp³-hybridized carbons (Fsp3) is 0.250. The van der Waals surface area contributed by atoms with Crippen LogP contribution in [0, 0.1) is 6.92 Å². The maximum Gasteiger partial charge on any atom is 0.260 e. The number of aryl methyl sites for hydroxylation is 1. The summed E-state index contributed by atoms with van der Waals surface area (Å²) in [6.07, 6.45) is 2.30. The average molecular weight is 479 g/mol. The number of hydrogen-bond donors (Lipinski definition) is 1. The molecule has 2 rings (SSSR count). The molecule has 0 aliphatic carbocycles. The van der Waals surface area contributed by atoms with Crippen LogP contribution in [0.1, 0.15) is 11.5 Å². The van der Waals surface area contributed by atoms with Gasteiger partial charge in [-0.15, -0.1) is 0 Å². The highest BCUT2D eigenvalue weighted by Gasteiger charge is 2.21. The molecule has 0 fully saturated rings. The van der Waals surface area contributed by atoms with Crippen molar-refractivity contribution in [2.45, 2.75) is 6.92 Å². The molecule has 1 amide bonds. The van der Waals surface area contributed by atoms with Crippen molar-refractivity contribution >= 4 is 55.4 Å². The van der Waals surface area contributed by atoms with Crippen LogP contribution in [0.2, 0.25) is 5.02 Å². The molecule has 0 saturated heterocycles. The van der Waals surface area contributed by atoms with Gasteiger partial charge in [0.2, 0.25) is 10.0 Å². The van der Waals surface area contributed by atoms with E-state index in [9.17, 15) is 13.2 Å². The van der Waals surface area contributed by atoms with Crippen LogP contribution < -0.4 is 14.5 Å². The first kappa shape index (κ1) is 21.3. The summed E-state index contributed by atoms with van der Waals surface area (Å²) in [6.45, 7) is 1.30. The first-order valence-corrected chi connectivity index (χ1v) is 10.5. The van der Waals surface area contributed by atoms with E-state index in [-0.39, 0.29) is 10.7 Å². The molecule has 1 aromatic heterocycles. The molecular formula is C16H17BrClN3O5S. The van der Waals surface area contributed by atoms with E-state index in [0.29, 0.717) is 17.3 Å². The van der Waals surface area contributed by atoms with Gasteiger partial charge in [-0.05, 0) is 41.1 Å². The summed E-state index contributed by atoms with van der Waals surface area (Å²) < 4.78 is 36.2. The third kappa shape index (κ3) is 5.72. The number of halogens is 2. The van der Waals surface area contributed by atoms with Gasteiger partial charge in [0.15, 0.2) is 0 Å². The quantitative estimate of drug-likeness (QED) is 0.487. The number of furan rings is 1. The number of nitrogens with zero attached hydrogens (tertiary/aromatic N) is 2. The second-order valence-electron chi connectivity index (χ2n) is 5.43. The van der Waals surface area contributed by atoms with Crippen LogP contribution in [0.5, 0.6) is 5.75 Å². The Bertz CT molecular complexity index is 955. The number of rotatable bonds is 7. The van der Waals surface area contributed by atoms with Crippen LogP contribution in [0.15, 0.2) is 38.3 Å². The van der Waals surface area contributed by atoms with E-state index >= 15 is 0 Å². The standard InChI is InChI=1S/C16H17BrClN3O5S/c1-10-13(17)7-12(26-10)8-19-20-16(22)9-21(27(3,23)24)11-4-5-15(25-2)14(18)6-11/h4-8H,9H2,1-3H3,(H,20,22)/b19-8-. The van der Waals surface area contributed by atoms with Gasteiger partial charge in [-0.2, -0.15) is 5.10 Å². The summed E-state index contributed by atoms with van der Waals surface area (Å²) in [5, 5.41) is 3.99. The van der Waals surface area contributed by atoms with Crippen molar-refractivity contribution in [1.82, 2.24) is 5.43 Å². The van der Waals surface area contributed by atoms with Gasteiger partial charge >= 0.3 is 0 Å². The van der Waals surface area contributed by atoms with E-state index in [0.717, 1.165) is 15.0 Å². The van der Waals surface area contributed by atoms with Crippen LogP contribution in [-0.4, -0.2) is 40.4 Å². The normalized spacial score (nSPS) is 11.6. The third-order valence-electron chi connectivity index (χ3n) is 3.37. The molecule has 0 aliphatic heterocycles. The molecule has 0 spiro atoms. The van der Waals surface area contributed by atoms with Gasteiger partial charge in [-0.3, -0.25) is 9.10 Å². The lowest BCUT2D eigenvalue weighted by atomic mass is 10.3. The van der Waals surface area contributed by atoms with Crippen molar-refractivity contribution in [3.8, 4) is 5.75 Å². The van der Waals surface area contributed by atoms with E-state index in [1.54, 1.807) is 13.0 Å². The number of benzene rings is 1. The Labute approximate surface area is 170 Å². The predicted octanol–water partition coefficient (Wildman–Crippen LogP) is 2.93. The lowest BCUT2D eigenvalue weighted by Gasteiger charge is -2.21. The number of amides is 1. The number of hydrazone groups is 1. The maximum atomic E-state index is 12.1. The molecule has 0 aliphatic rings. The molecule has 8 nitrogen and oxygen atoms in total. The summed E-state index contributed by atoms with van der Waals surface area (Å²) in [5.74, 6) is 0.859. The molecule has 2 aromatic rings. The molecule has 1 heterocycles. The van der Waals surface area contributed by atoms with E-state index in [4.69, 9.17) is 20.8 Å². The molecule has 0 saturated carbocycles. The number of carbonyl (C=O) groups is 1. The zero-order valence-electron chi connectivity index (χ0n) is 14.7. The number of carbonyl (C=O) groups excluding carboxylic acids is 1. The van der Waals surface area contributed by atoms with Crippen molar-refractivity contribution < 1.29 is 22.4 Å². The van der Waals surface area contributed by atoms with Crippen molar-refractivity contribution in [3.63, 3.8) is 0 Å². The Hall–Kier alpha value is -2.04. The Morgan fingerprint density at radius 1 is 1.44 bits per heavy atom. The number of ether oxygens (including phenoxy) is 1. The van der Waals surface area contributed by atoms with Gasteiger partial charge in [0.05, 0.1) is 34.8 Å². The molecule has 1 N–H and O–H groups in total. The van der Waals surface area contributed by atoms with Crippen LogP contribution in [0.4, 0.5) is 5.69 Å². The fourth-order valence-corrected chi connectivity index (χ4v) is 3.50. The lowest BCUT2D eigenvalue weighted by Crippen LogP contribution is -2.39. The lowest BCUT2D eigenvalue weighted by molar-refractivity contribution is -0.119. The Kier molecular flexibility index (Phi) is 6.90. The van der Waals surface area contributed by atoms with Gasteiger partial charge in [-0.1, -0.05) is 11.6 Å². The highest BCUT2D eigenvalue weighted by molar-refractivity contribution is 9.10. The number of methoxy groups -OCH3 is 1. The predicted molar refractivity (Wildman–Crippen MR) is 107 cm³/mol. The van der Waals surface area contributed by atoms with E-state index < -0.39 is 22.5 Å². The van der Waals surface area contributed by atoms with Crippen LogP contribution in [0.25, 0.3) is 0 Å².